The van der Waals surface area contributed by atoms with Crippen molar-refractivity contribution in [2.75, 3.05) is 20.8 Å². The predicted molar refractivity (Wildman–Crippen MR) is 94.0 cm³/mol. The van der Waals surface area contributed by atoms with Crippen LogP contribution in [-0.4, -0.2) is 38.8 Å². The van der Waals surface area contributed by atoms with Crippen molar-refractivity contribution in [2.24, 2.45) is 5.10 Å². The summed E-state index contributed by atoms with van der Waals surface area (Å²) in [5, 5.41) is 6.23. The molecule has 136 valence electrons. The van der Waals surface area contributed by atoms with Gasteiger partial charge in [0.1, 0.15) is 5.82 Å². The third-order valence-electron chi connectivity index (χ3n) is 3.33. The second-order valence-electron chi connectivity index (χ2n) is 5.10. The van der Waals surface area contributed by atoms with Gasteiger partial charge in [0, 0.05) is 5.56 Å². The molecule has 0 unspecified atom stereocenters. The fourth-order valence-electron chi connectivity index (χ4n) is 2.02. The highest BCUT2D eigenvalue weighted by Crippen LogP contribution is 2.26. The Hall–Kier alpha value is -3.42. The van der Waals surface area contributed by atoms with Crippen molar-refractivity contribution >= 4 is 18.0 Å². The molecule has 8 heteroatoms. The van der Waals surface area contributed by atoms with Gasteiger partial charge >= 0.3 is 0 Å². The maximum Gasteiger partial charge on any atom is 0.259 e. The number of hydrazone groups is 1. The Kier molecular flexibility index (Phi) is 6.67. The SMILES string of the molecule is COc1ccc(/C=N\NC(=O)CNC(=O)c2ccc(F)cc2)cc1OC. The average Bonchev–Trinajstić information content (AvgIpc) is 2.66. The van der Waals surface area contributed by atoms with Crippen molar-refractivity contribution in [3.05, 3.63) is 59.4 Å². The van der Waals surface area contributed by atoms with Crippen LogP contribution < -0.4 is 20.2 Å². The number of benzene rings is 2. The molecule has 0 aliphatic rings. The average molecular weight is 359 g/mol. The molecular formula is C18H18FN3O4. The number of carbonyl (C=O) groups excluding carboxylic acids is 2. The molecule has 0 bridgehead atoms. The Bertz CT molecular complexity index is 807. The van der Waals surface area contributed by atoms with E-state index in [0.717, 1.165) is 0 Å². The summed E-state index contributed by atoms with van der Waals surface area (Å²) in [6.45, 7) is -0.264. The van der Waals surface area contributed by atoms with Crippen molar-refractivity contribution < 1.29 is 23.5 Å². The maximum absolute atomic E-state index is 12.8. The van der Waals surface area contributed by atoms with E-state index in [1.807, 2.05) is 0 Å². The quantitative estimate of drug-likeness (QED) is 0.582. The number of hydrogen-bond acceptors (Lipinski definition) is 5. The molecule has 2 rings (SSSR count). The van der Waals surface area contributed by atoms with Gasteiger partial charge in [-0.05, 0) is 48.0 Å². The number of hydrogen-bond donors (Lipinski definition) is 2. The second kappa shape index (κ2) is 9.16. The summed E-state index contributed by atoms with van der Waals surface area (Å²) in [5.74, 6) is -0.309. The molecule has 2 N–H and O–H groups in total. The first-order chi connectivity index (χ1) is 12.5. The Morgan fingerprint density at radius 1 is 1.08 bits per heavy atom. The highest BCUT2D eigenvalue weighted by molar-refractivity contribution is 5.96. The third kappa shape index (κ3) is 5.30. The Balaban J connectivity index is 1.83. The molecule has 0 radical (unpaired) electrons. The van der Waals surface area contributed by atoms with E-state index in [9.17, 15) is 14.0 Å². The van der Waals surface area contributed by atoms with Crippen LogP contribution in [0, 0.1) is 5.82 Å². The minimum atomic E-state index is -0.503. The summed E-state index contributed by atoms with van der Waals surface area (Å²) < 4.78 is 23.1. The van der Waals surface area contributed by atoms with Crippen LogP contribution in [0.5, 0.6) is 11.5 Å². The number of rotatable bonds is 7. The summed E-state index contributed by atoms with van der Waals surface area (Å²) in [7, 11) is 3.05. The number of halogens is 1. The molecule has 26 heavy (non-hydrogen) atoms. The lowest BCUT2D eigenvalue weighted by Crippen LogP contribution is -2.34. The van der Waals surface area contributed by atoms with Crippen LogP contribution in [-0.2, 0) is 4.79 Å². The van der Waals surface area contributed by atoms with E-state index >= 15 is 0 Å². The largest absolute Gasteiger partial charge is 0.493 e. The van der Waals surface area contributed by atoms with Crippen LogP contribution in [0.3, 0.4) is 0 Å². The van der Waals surface area contributed by atoms with Crippen LogP contribution in [0.25, 0.3) is 0 Å². The molecule has 0 saturated heterocycles. The predicted octanol–water partition coefficient (Wildman–Crippen LogP) is 1.72. The zero-order valence-electron chi connectivity index (χ0n) is 14.3. The van der Waals surface area contributed by atoms with Crippen molar-refractivity contribution in [1.29, 1.82) is 0 Å². The van der Waals surface area contributed by atoms with E-state index in [1.54, 1.807) is 18.2 Å². The second-order valence-corrected chi connectivity index (χ2v) is 5.10. The van der Waals surface area contributed by atoms with E-state index in [0.29, 0.717) is 17.1 Å². The normalized spacial score (nSPS) is 10.4. The van der Waals surface area contributed by atoms with E-state index in [4.69, 9.17) is 9.47 Å². The molecule has 0 aliphatic heterocycles. The van der Waals surface area contributed by atoms with Gasteiger partial charge in [-0.3, -0.25) is 9.59 Å². The molecule has 0 saturated carbocycles. The minimum Gasteiger partial charge on any atom is -0.493 e. The molecule has 2 aromatic carbocycles. The number of carbonyl (C=O) groups is 2. The highest BCUT2D eigenvalue weighted by atomic mass is 19.1. The molecule has 0 aliphatic carbocycles. The molecule has 0 heterocycles. The lowest BCUT2D eigenvalue weighted by atomic mass is 10.2. The van der Waals surface area contributed by atoms with Gasteiger partial charge in [0.25, 0.3) is 11.8 Å². The maximum atomic E-state index is 12.8. The van der Waals surface area contributed by atoms with Crippen LogP contribution in [0.2, 0.25) is 0 Å². The number of methoxy groups -OCH3 is 2. The van der Waals surface area contributed by atoms with E-state index < -0.39 is 17.6 Å². The first kappa shape index (κ1) is 18.9. The van der Waals surface area contributed by atoms with Gasteiger partial charge in [-0.25, -0.2) is 9.82 Å². The van der Waals surface area contributed by atoms with Gasteiger partial charge in [-0.15, -0.1) is 0 Å². The Labute approximate surface area is 149 Å². The highest BCUT2D eigenvalue weighted by Gasteiger charge is 2.07. The zero-order valence-corrected chi connectivity index (χ0v) is 14.3. The summed E-state index contributed by atoms with van der Waals surface area (Å²) in [6.07, 6.45) is 1.43. The summed E-state index contributed by atoms with van der Waals surface area (Å²) in [5.41, 5.74) is 3.25. The van der Waals surface area contributed by atoms with Gasteiger partial charge in [-0.2, -0.15) is 5.10 Å². The molecule has 0 atom stereocenters. The summed E-state index contributed by atoms with van der Waals surface area (Å²) in [6, 6.07) is 10.2. The Morgan fingerprint density at radius 3 is 2.42 bits per heavy atom. The fourth-order valence-corrected chi connectivity index (χ4v) is 2.02. The summed E-state index contributed by atoms with van der Waals surface area (Å²) in [4.78, 5) is 23.5. The lowest BCUT2D eigenvalue weighted by Gasteiger charge is -2.07. The number of amides is 2. The monoisotopic (exact) mass is 359 g/mol. The molecule has 0 fully saturated rings. The number of nitrogens with zero attached hydrogens (tertiary/aromatic N) is 1. The van der Waals surface area contributed by atoms with Gasteiger partial charge in [0.15, 0.2) is 11.5 Å². The zero-order chi connectivity index (χ0) is 18.9. The smallest absolute Gasteiger partial charge is 0.259 e. The molecule has 2 aromatic rings. The first-order valence-electron chi connectivity index (χ1n) is 7.61. The topological polar surface area (TPSA) is 89.0 Å². The van der Waals surface area contributed by atoms with Crippen molar-refractivity contribution in [1.82, 2.24) is 10.7 Å². The van der Waals surface area contributed by atoms with Crippen molar-refractivity contribution in [3.8, 4) is 11.5 Å². The van der Waals surface area contributed by atoms with E-state index in [2.05, 4.69) is 15.8 Å². The van der Waals surface area contributed by atoms with Crippen molar-refractivity contribution in [3.63, 3.8) is 0 Å². The van der Waals surface area contributed by atoms with Crippen molar-refractivity contribution in [2.45, 2.75) is 0 Å². The van der Waals surface area contributed by atoms with Gasteiger partial charge in [-0.1, -0.05) is 0 Å². The van der Waals surface area contributed by atoms with Gasteiger partial charge in [0.05, 0.1) is 27.0 Å². The van der Waals surface area contributed by atoms with E-state index in [1.165, 1.54) is 44.7 Å². The number of ether oxygens (including phenoxy) is 2. The number of nitrogens with one attached hydrogen (secondary N) is 2. The molecule has 0 aromatic heterocycles. The fraction of sp³-hybridized carbons (Fsp3) is 0.167. The van der Waals surface area contributed by atoms with Gasteiger partial charge < -0.3 is 14.8 Å². The Morgan fingerprint density at radius 2 is 1.77 bits per heavy atom. The minimum absolute atomic E-state index is 0.257. The van der Waals surface area contributed by atoms with Crippen LogP contribution in [0.4, 0.5) is 4.39 Å². The molecule has 0 spiro atoms. The molecular weight excluding hydrogens is 341 g/mol. The van der Waals surface area contributed by atoms with Crippen LogP contribution in [0.1, 0.15) is 15.9 Å². The first-order valence-corrected chi connectivity index (χ1v) is 7.61. The lowest BCUT2D eigenvalue weighted by molar-refractivity contribution is -0.120. The molecule has 2 amide bonds. The molecule has 7 nitrogen and oxygen atoms in total. The van der Waals surface area contributed by atoms with E-state index in [-0.39, 0.29) is 12.1 Å². The summed E-state index contributed by atoms with van der Waals surface area (Å²) >= 11 is 0. The third-order valence-corrected chi connectivity index (χ3v) is 3.33. The van der Waals surface area contributed by atoms with Crippen LogP contribution in [0.15, 0.2) is 47.6 Å². The van der Waals surface area contributed by atoms with Gasteiger partial charge in [0.2, 0.25) is 0 Å². The van der Waals surface area contributed by atoms with Crippen LogP contribution >= 0.6 is 0 Å². The standard InChI is InChI=1S/C18H18FN3O4/c1-25-15-8-3-12(9-16(15)26-2)10-21-22-17(23)11-20-18(24)13-4-6-14(19)7-5-13/h3-10H,11H2,1-2H3,(H,20,24)(H,22,23)/b21-10-.